The van der Waals surface area contributed by atoms with Gasteiger partial charge in [0, 0.05) is 13.0 Å². The summed E-state index contributed by atoms with van der Waals surface area (Å²) in [6.45, 7) is 3.48. The molecule has 1 saturated heterocycles. The summed E-state index contributed by atoms with van der Waals surface area (Å²) in [4.78, 5) is 10.7. The first-order valence-corrected chi connectivity index (χ1v) is 4.60. The molecule has 0 aromatic heterocycles. The maximum Gasteiger partial charge on any atom is 0.306 e. The molecule has 0 bridgehead atoms. The van der Waals surface area contributed by atoms with Crippen molar-refractivity contribution in [3.63, 3.8) is 0 Å². The summed E-state index contributed by atoms with van der Waals surface area (Å²) < 4.78 is 10.3. The molecule has 1 atom stereocenters. The lowest BCUT2D eigenvalue weighted by Gasteiger charge is -2.08. The highest BCUT2D eigenvalue weighted by Crippen LogP contribution is 2.13. The van der Waals surface area contributed by atoms with Crippen LogP contribution in [0.2, 0.25) is 0 Å². The van der Waals surface area contributed by atoms with E-state index in [9.17, 15) is 4.79 Å². The van der Waals surface area contributed by atoms with E-state index < -0.39 is 0 Å². The minimum absolute atomic E-state index is 0.0226. The van der Waals surface area contributed by atoms with Crippen LogP contribution in [0.15, 0.2) is 0 Å². The standard InChI is InChI=1S/C9H16O3/c1-2-3-6-11-7-8-4-5-9(10)12-8/h8H,2-7H2,1H3. The molecule has 0 aromatic carbocycles. The molecule has 0 N–H and O–H groups in total. The van der Waals surface area contributed by atoms with Crippen molar-refractivity contribution < 1.29 is 14.3 Å². The summed E-state index contributed by atoms with van der Waals surface area (Å²) in [5, 5.41) is 0. The van der Waals surface area contributed by atoms with Crippen molar-refractivity contribution in [1.29, 1.82) is 0 Å². The van der Waals surface area contributed by atoms with E-state index in [2.05, 4.69) is 6.92 Å². The van der Waals surface area contributed by atoms with Crippen LogP contribution in [0, 0.1) is 0 Å². The lowest BCUT2D eigenvalue weighted by molar-refractivity contribution is -0.143. The highest BCUT2D eigenvalue weighted by Gasteiger charge is 2.22. The zero-order chi connectivity index (χ0) is 8.81. The van der Waals surface area contributed by atoms with Gasteiger partial charge in [0.1, 0.15) is 6.10 Å². The number of ether oxygens (including phenoxy) is 2. The molecule has 0 saturated carbocycles. The van der Waals surface area contributed by atoms with Gasteiger partial charge in [-0.15, -0.1) is 0 Å². The number of rotatable bonds is 5. The molecule has 3 nitrogen and oxygen atoms in total. The summed E-state index contributed by atoms with van der Waals surface area (Å²) >= 11 is 0. The van der Waals surface area contributed by atoms with Gasteiger partial charge in [0.25, 0.3) is 0 Å². The Morgan fingerprint density at radius 3 is 3.08 bits per heavy atom. The molecule has 12 heavy (non-hydrogen) atoms. The van der Waals surface area contributed by atoms with Crippen LogP contribution in [-0.4, -0.2) is 25.3 Å². The van der Waals surface area contributed by atoms with Crippen molar-refractivity contribution in [3.8, 4) is 0 Å². The Labute approximate surface area is 73.0 Å². The van der Waals surface area contributed by atoms with Crippen molar-refractivity contribution in [2.24, 2.45) is 0 Å². The molecule has 1 aliphatic rings. The number of esters is 1. The maximum atomic E-state index is 10.7. The monoisotopic (exact) mass is 172 g/mol. The van der Waals surface area contributed by atoms with Crippen LogP contribution in [-0.2, 0) is 14.3 Å². The van der Waals surface area contributed by atoms with E-state index in [-0.39, 0.29) is 12.1 Å². The predicted molar refractivity (Wildman–Crippen MR) is 44.8 cm³/mol. The van der Waals surface area contributed by atoms with Gasteiger partial charge in [-0.1, -0.05) is 13.3 Å². The second-order valence-corrected chi connectivity index (χ2v) is 3.08. The fraction of sp³-hybridized carbons (Fsp3) is 0.889. The largest absolute Gasteiger partial charge is 0.460 e. The van der Waals surface area contributed by atoms with Gasteiger partial charge in [0.15, 0.2) is 0 Å². The molecule has 0 aromatic rings. The second-order valence-electron chi connectivity index (χ2n) is 3.08. The van der Waals surface area contributed by atoms with E-state index in [4.69, 9.17) is 9.47 Å². The maximum absolute atomic E-state index is 10.7. The van der Waals surface area contributed by atoms with Crippen LogP contribution in [0.25, 0.3) is 0 Å². The fourth-order valence-electron chi connectivity index (χ4n) is 1.16. The van der Waals surface area contributed by atoms with E-state index in [1.807, 2.05) is 0 Å². The topological polar surface area (TPSA) is 35.5 Å². The Morgan fingerprint density at radius 1 is 1.67 bits per heavy atom. The Hall–Kier alpha value is -0.570. The number of carbonyl (C=O) groups is 1. The molecule has 1 rings (SSSR count). The van der Waals surface area contributed by atoms with Gasteiger partial charge in [-0.2, -0.15) is 0 Å². The van der Waals surface area contributed by atoms with Crippen LogP contribution >= 0.6 is 0 Å². The number of unbranched alkanes of at least 4 members (excludes halogenated alkanes) is 1. The van der Waals surface area contributed by atoms with Gasteiger partial charge in [-0.05, 0) is 12.8 Å². The highest BCUT2D eigenvalue weighted by atomic mass is 16.6. The predicted octanol–water partition coefficient (Wildman–Crippen LogP) is 1.51. The summed E-state index contributed by atoms with van der Waals surface area (Å²) in [7, 11) is 0. The van der Waals surface area contributed by atoms with E-state index in [0.29, 0.717) is 13.0 Å². The van der Waals surface area contributed by atoms with Crippen LogP contribution in [0.4, 0.5) is 0 Å². The minimum atomic E-state index is -0.0842. The number of hydrogen-bond donors (Lipinski definition) is 0. The van der Waals surface area contributed by atoms with E-state index in [0.717, 1.165) is 25.9 Å². The lowest BCUT2D eigenvalue weighted by Crippen LogP contribution is -2.15. The van der Waals surface area contributed by atoms with Crippen LogP contribution in [0.1, 0.15) is 32.6 Å². The van der Waals surface area contributed by atoms with Crippen molar-refractivity contribution in [2.45, 2.75) is 38.7 Å². The Bertz CT molecular complexity index is 145. The Morgan fingerprint density at radius 2 is 2.50 bits per heavy atom. The minimum Gasteiger partial charge on any atom is -0.460 e. The molecule has 3 heteroatoms. The first-order valence-electron chi connectivity index (χ1n) is 4.60. The third-order valence-electron chi connectivity index (χ3n) is 1.91. The summed E-state index contributed by atoms with van der Waals surface area (Å²) in [6.07, 6.45) is 3.63. The lowest BCUT2D eigenvalue weighted by atomic mass is 10.2. The average molecular weight is 172 g/mol. The van der Waals surface area contributed by atoms with Gasteiger partial charge >= 0.3 is 5.97 Å². The molecule has 1 fully saturated rings. The van der Waals surface area contributed by atoms with E-state index >= 15 is 0 Å². The zero-order valence-electron chi connectivity index (χ0n) is 7.54. The normalized spacial score (nSPS) is 22.8. The average Bonchev–Trinajstić information content (AvgIpc) is 2.45. The third-order valence-corrected chi connectivity index (χ3v) is 1.91. The first-order chi connectivity index (χ1) is 5.83. The van der Waals surface area contributed by atoms with Crippen molar-refractivity contribution >= 4 is 5.97 Å². The molecule has 1 unspecified atom stereocenters. The zero-order valence-corrected chi connectivity index (χ0v) is 7.54. The molecule has 70 valence electrons. The number of cyclic esters (lactones) is 1. The Balaban J connectivity index is 1.97. The van der Waals surface area contributed by atoms with E-state index in [1.165, 1.54) is 0 Å². The summed E-state index contributed by atoms with van der Waals surface area (Å²) in [6, 6.07) is 0. The van der Waals surface area contributed by atoms with Gasteiger partial charge in [-0.3, -0.25) is 4.79 Å². The van der Waals surface area contributed by atoms with Gasteiger partial charge in [-0.25, -0.2) is 0 Å². The Kier molecular flexibility index (Phi) is 4.08. The quantitative estimate of drug-likeness (QED) is 0.466. The van der Waals surface area contributed by atoms with Crippen LogP contribution in [0.5, 0.6) is 0 Å². The molecule has 0 aliphatic carbocycles. The fourth-order valence-corrected chi connectivity index (χ4v) is 1.16. The molecule has 1 heterocycles. The van der Waals surface area contributed by atoms with Crippen LogP contribution < -0.4 is 0 Å². The van der Waals surface area contributed by atoms with Crippen molar-refractivity contribution in [2.75, 3.05) is 13.2 Å². The van der Waals surface area contributed by atoms with Gasteiger partial charge in [0.2, 0.25) is 0 Å². The SMILES string of the molecule is CCCCOCC1CCC(=O)O1. The highest BCUT2D eigenvalue weighted by molar-refractivity contribution is 5.71. The van der Waals surface area contributed by atoms with Crippen LogP contribution in [0.3, 0.4) is 0 Å². The van der Waals surface area contributed by atoms with Crippen molar-refractivity contribution in [1.82, 2.24) is 0 Å². The smallest absolute Gasteiger partial charge is 0.306 e. The van der Waals surface area contributed by atoms with Crippen molar-refractivity contribution in [3.05, 3.63) is 0 Å². The molecular formula is C9H16O3. The third kappa shape index (κ3) is 3.22. The number of carbonyl (C=O) groups excluding carboxylic acids is 1. The summed E-state index contributed by atoms with van der Waals surface area (Å²) in [5.74, 6) is -0.0842. The number of hydrogen-bond acceptors (Lipinski definition) is 3. The molecule has 1 aliphatic heterocycles. The molecular weight excluding hydrogens is 156 g/mol. The summed E-state index contributed by atoms with van der Waals surface area (Å²) in [5.41, 5.74) is 0. The molecule has 0 radical (unpaired) electrons. The van der Waals surface area contributed by atoms with Gasteiger partial charge in [0.05, 0.1) is 6.61 Å². The molecule has 0 spiro atoms. The van der Waals surface area contributed by atoms with E-state index in [1.54, 1.807) is 0 Å². The molecule has 0 amide bonds. The van der Waals surface area contributed by atoms with Gasteiger partial charge < -0.3 is 9.47 Å². The first kappa shape index (κ1) is 9.52. The second kappa shape index (κ2) is 5.14.